The summed E-state index contributed by atoms with van der Waals surface area (Å²) in [7, 11) is 0. The minimum absolute atomic E-state index is 0.0710. The number of rotatable bonds is 7. The second-order valence-electron chi connectivity index (χ2n) is 8.12. The number of nitrogens with zero attached hydrogens (tertiary/aromatic N) is 3. The Morgan fingerprint density at radius 2 is 1.79 bits per heavy atom. The Bertz CT molecular complexity index is 1390. The molecule has 0 saturated heterocycles. The van der Waals surface area contributed by atoms with Crippen LogP contribution in [0.15, 0.2) is 71.7 Å². The SMILES string of the molecule is CCN(CC)c1ccc(NC(=O)c2cc3cccnc3n(Cc3ccc(Cl)cc3)c2=O)c(C)c1. The van der Waals surface area contributed by atoms with Gasteiger partial charge in [0.2, 0.25) is 0 Å². The summed E-state index contributed by atoms with van der Waals surface area (Å²) in [4.78, 5) is 33.3. The van der Waals surface area contributed by atoms with Crippen molar-refractivity contribution in [2.45, 2.75) is 27.3 Å². The maximum Gasteiger partial charge on any atom is 0.265 e. The number of aryl methyl sites for hydroxylation is 1. The van der Waals surface area contributed by atoms with Crippen molar-refractivity contribution in [2.24, 2.45) is 0 Å². The number of hydrogen-bond acceptors (Lipinski definition) is 4. The van der Waals surface area contributed by atoms with Crippen LogP contribution in [0.2, 0.25) is 5.02 Å². The van der Waals surface area contributed by atoms with Gasteiger partial charge in [-0.05, 0) is 80.4 Å². The number of aromatic nitrogens is 2. The molecule has 0 unspecified atom stereocenters. The number of hydrogen-bond donors (Lipinski definition) is 1. The fourth-order valence-corrected chi connectivity index (χ4v) is 4.18. The first-order valence-corrected chi connectivity index (χ1v) is 11.7. The van der Waals surface area contributed by atoms with Gasteiger partial charge in [-0.25, -0.2) is 4.98 Å². The molecule has 0 fully saturated rings. The fourth-order valence-electron chi connectivity index (χ4n) is 4.05. The number of carbonyl (C=O) groups excluding carboxylic acids is 1. The molecule has 0 aliphatic carbocycles. The van der Waals surface area contributed by atoms with Gasteiger partial charge in [0, 0.05) is 41.1 Å². The van der Waals surface area contributed by atoms with Crippen LogP contribution in [0.1, 0.15) is 35.3 Å². The average Bonchev–Trinajstić information content (AvgIpc) is 2.84. The minimum atomic E-state index is -0.445. The zero-order valence-electron chi connectivity index (χ0n) is 19.5. The Morgan fingerprint density at radius 1 is 1.06 bits per heavy atom. The highest BCUT2D eigenvalue weighted by Gasteiger charge is 2.18. The number of carbonyl (C=O) groups is 1. The Labute approximate surface area is 203 Å². The van der Waals surface area contributed by atoms with E-state index in [4.69, 9.17) is 11.6 Å². The van der Waals surface area contributed by atoms with E-state index in [0.717, 1.165) is 35.3 Å². The second kappa shape index (κ2) is 10.1. The number of halogens is 1. The molecule has 0 atom stereocenters. The van der Waals surface area contributed by atoms with Gasteiger partial charge in [0.25, 0.3) is 11.5 Å². The van der Waals surface area contributed by atoms with Crippen molar-refractivity contribution in [1.29, 1.82) is 0 Å². The molecule has 4 rings (SSSR count). The number of benzene rings is 2. The third kappa shape index (κ3) is 4.82. The molecule has 0 spiro atoms. The summed E-state index contributed by atoms with van der Waals surface area (Å²) in [6.45, 7) is 8.25. The highest BCUT2D eigenvalue weighted by Crippen LogP contribution is 2.23. The molecular weight excluding hydrogens is 448 g/mol. The standard InChI is InChI=1S/C27H27ClN4O2/c1-4-31(5-2)22-12-13-24(18(3)15-22)30-26(33)23-16-20-7-6-14-29-25(20)32(27(23)34)17-19-8-10-21(28)11-9-19/h6-16H,4-5,17H2,1-3H3,(H,30,33). The number of nitrogens with one attached hydrogen (secondary N) is 1. The van der Waals surface area contributed by atoms with Crippen molar-refractivity contribution in [2.75, 3.05) is 23.3 Å². The molecule has 0 bridgehead atoms. The predicted molar refractivity (Wildman–Crippen MR) is 139 cm³/mol. The smallest absolute Gasteiger partial charge is 0.265 e. The van der Waals surface area contributed by atoms with Crippen molar-refractivity contribution < 1.29 is 4.79 Å². The largest absolute Gasteiger partial charge is 0.372 e. The van der Waals surface area contributed by atoms with Crippen LogP contribution in [0.3, 0.4) is 0 Å². The van der Waals surface area contributed by atoms with Crippen LogP contribution in [-0.2, 0) is 6.54 Å². The molecule has 0 aliphatic heterocycles. The summed E-state index contributed by atoms with van der Waals surface area (Å²) in [5.41, 5.74) is 3.80. The van der Waals surface area contributed by atoms with Gasteiger partial charge in [0.1, 0.15) is 11.2 Å². The van der Waals surface area contributed by atoms with Gasteiger partial charge in [-0.1, -0.05) is 23.7 Å². The van der Waals surface area contributed by atoms with Crippen molar-refractivity contribution in [3.63, 3.8) is 0 Å². The number of pyridine rings is 2. The van der Waals surface area contributed by atoms with E-state index in [2.05, 4.69) is 29.0 Å². The first-order valence-electron chi connectivity index (χ1n) is 11.3. The number of fused-ring (bicyclic) bond motifs is 1. The van der Waals surface area contributed by atoms with E-state index >= 15 is 0 Å². The van der Waals surface area contributed by atoms with Crippen molar-refractivity contribution >= 4 is 39.9 Å². The highest BCUT2D eigenvalue weighted by molar-refractivity contribution is 6.30. The van der Waals surface area contributed by atoms with Gasteiger partial charge in [-0.3, -0.25) is 14.2 Å². The molecule has 4 aromatic rings. The lowest BCUT2D eigenvalue weighted by Crippen LogP contribution is -2.30. The van der Waals surface area contributed by atoms with Crippen LogP contribution < -0.4 is 15.8 Å². The first kappa shape index (κ1) is 23.5. The summed E-state index contributed by atoms with van der Waals surface area (Å²) in [6, 6.07) is 18.4. The summed E-state index contributed by atoms with van der Waals surface area (Å²) in [6.07, 6.45) is 1.64. The second-order valence-corrected chi connectivity index (χ2v) is 8.55. The van der Waals surface area contributed by atoms with Gasteiger partial charge < -0.3 is 10.2 Å². The van der Waals surface area contributed by atoms with Crippen LogP contribution in [0, 0.1) is 6.92 Å². The molecule has 0 aliphatic rings. The summed E-state index contributed by atoms with van der Waals surface area (Å²) < 4.78 is 1.53. The van der Waals surface area contributed by atoms with Crippen molar-refractivity contribution in [1.82, 2.24) is 9.55 Å². The summed E-state index contributed by atoms with van der Waals surface area (Å²) >= 11 is 6.00. The maximum absolute atomic E-state index is 13.4. The monoisotopic (exact) mass is 474 g/mol. The Morgan fingerprint density at radius 3 is 2.47 bits per heavy atom. The van der Waals surface area contributed by atoms with Crippen LogP contribution in [0.25, 0.3) is 11.0 Å². The van der Waals surface area contributed by atoms with E-state index in [9.17, 15) is 9.59 Å². The lowest BCUT2D eigenvalue weighted by Gasteiger charge is -2.22. The van der Waals surface area contributed by atoms with E-state index < -0.39 is 11.5 Å². The predicted octanol–water partition coefficient (Wildman–Crippen LogP) is 5.51. The van der Waals surface area contributed by atoms with E-state index in [1.165, 1.54) is 4.57 Å². The molecule has 0 saturated carbocycles. The summed E-state index contributed by atoms with van der Waals surface area (Å²) in [5.74, 6) is -0.445. The zero-order valence-corrected chi connectivity index (χ0v) is 20.3. The van der Waals surface area contributed by atoms with E-state index in [-0.39, 0.29) is 12.1 Å². The first-order chi connectivity index (χ1) is 16.4. The van der Waals surface area contributed by atoms with E-state index in [1.54, 1.807) is 30.5 Å². The molecule has 174 valence electrons. The molecule has 2 heterocycles. The summed E-state index contributed by atoms with van der Waals surface area (Å²) in [5, 5.41) is 4.26. The average molecular weight is 475 g/mol. The topological polar surface area (TPSA) is 67.2 Å². The minimum Gasteiger partial charge on any atom is -0.372 e. The quantitative estimate of drug-likeness (QED) is 0.383. The maximum atomic E-state index is 13.4. The Kier molecular flexibility index (Phi) is 6.98. The van der Waals surface area contributed by atoms with Gasteiger partial charge in [-0.2, -0.15) is 0 Å². The molecule has 2 aromatic carbocycles. The van der Waals surface area contributed by atoms with Gasteiger partial charge in [0.15, 0.2) is 0 Å². The van der Waals surface area contributed by atoms with Gasteiger partial charge in [-0.15, -0.1) is 0 Å². The number of amides is 1. The van der Waals surface area contributed by atoms with Crippen molar-refractivity contribution in [3.8, 4) is 0 Å². The molecule has 7 heteroatoms. The van der Waals surface area contributed by atoms with Crippen LogP contribution >= 0.6 is 11.6 Å². The van der Waals surface area contributed by atoms with Crippen LogP contribution in [0.4, 0.5) is 11.4 Å². The van der Waals surface area contributed by atoms with Crippen molar-refractivity contribution in [3.05, 3.63) is 98.9 Å². The molecule has 6 nitrogen and oxygen atoms in total. The third-order valence-electron chi connectivity index (χ3n) is 5.93. The number of anilines is 2. The van der Waals surface area contributed by atoms with Gasteiger partial charge >= 0.3 is 0 Å². The highest BCUT2D eigenvalue weighted by atomic mass is 35.5. The molecule has 2 aromatic heterocycles. The van der Waals surface area contributed by atoms with E-state index in [1.807, 2.05) is 43.3 Å². The fraction of sp³-hybridized carbons (Fsp3) is 0.222. The molecular formula is C27H27ClN4O2. The Hall–Kier alpha value is -3.64. The Balaban J connectivity index is 1.70. The molecule has 34 heavy (non-hydrogen) atoms. The normalized spacial score (nSPS) is 10.9. The van der Waals surface area contributed by atoms with Crippen LogP contribution in [0.5, 0.6) is 0 Å². The molecule has 0 radical (unpaired) electrons. The lowest BCUT2D eigenvalue weighted by molar-refractivity contribution is 0.102. The van der Waals surface area contributed by atoms with E-state index in [0.29, 0.717) is 16.4 Å². The van der Waals surface area contributed by atoms with Crippen LogP contribution in [-0.4, -0.2) is 28.5 Å². The lowest BCUT2D eigenvalue weighted by atomic mass is 10.1. The third-order valence-corrected chi connectivity index (χ3v) is 6.19. The van der Waals surface area contributed by atoms with Gasteiger partial charge in [0.05, 0.1) is 6.54 Å². The molecule has 1 amide bonds. The molecule has 1 N–H and O–H groups in total. The zero-order chi connectivity index (χ0) is 24.2.